The molecule has 1 rings (SSSR count). The van der Waals surface area contributed by atoms with Crippen LogP contribution >= 0.6 is 0 Å². The number of rotatable bonds is 33. The summed E-state index contributed by atoms with van der Waals surface area (Å²) in [5.41, 5.74) is 0. The minimum Gasteiger partial charge on any atom is -0.247 e. The second-order valence-electron chi connectivity index (χ2n) is 13.5. The molecule has 0 bridgehead atoms. The summed E-state index contributed by atoms with van der Waals surface area (Å²) in [6, 6.07) is 0. The van der Waals surface area contributed by atoms with Crippen molar-refractivity contribution in [1.82, 2.24) is 4.98 Å². The van der Waals surface area contributed by atoms with E-state index in [0.29, 0.717) is 0 Å². The third kappa shape index (κ3) is 23.4. The summed E-state index contributed by atoms with van der Waals surface area (Å²) in [7, 11) is 0. The van der Waals surface area contributed by atoms with Gasteiger partial charge in [-0.2, -0.15) is 0 Å². The topological polar surface area (TPSA) is 19.7 Å². The lowest BCUT2D eigenvalue weighted by Crippen LogP contribution is -2.36. The summed E-state index contributed by atoms with van der Waals surface area (Å²) >= 11 is 0. The van der Waals surface area contributed by atoms with E-state index < -0.39 is 0 Å². The summed E-state index contributed by atoms with van der Waals surface area (Å²) in [5, 5.41) is 0. The van der Waals surface area contributed by atoms with Gasteiger partial charge >= 0.3 is 0 Å². The van der Waals surface area contributed by atoms with Crippen LogP contribution in [0, 0.1) is 0 Å². The molecule has 0 aliphatic rings. The first-order chi connectivity index (χ1) is 20.3. The van der Waals surface area contributed by atoms with Crippen LogP contribution in [0.15, 0.2) is 12.4 Å². The van der Waals surface area contributed by atoms with E-state index in [1.54, 1.807) is 0 Å². The lowest BCUT2D eigenvalue weighted by molar-refractivity contribution is -0.701. The fourth-order valence-corrected chi connectivity index (χ4v) is 6.77. The van der Waals surface area contributed by atoms with E-state index >= 15 is 0 Å². The molecule has 1 heterocycles. The van der Waals surface area contributed by atoms with Crippen LogP contribution in [-0.4, -0.2) is 4.98 Å². The average molecular weight is 574 g/mol. The predicted molar refractivity (Wildman–Crippen MR) is 184 cm³/mol. The van der Waals surface area contributed by atoms with Crippen LogP contribution in [0.25, 0.3) is 0 Å². The van der Waals surface area contributed by atoms with Gasteiger partial charge in [-0.3, -0.25) is 0 Å². The van der Waals surface area contributed by atoms with Crippen LogP contribution in [0.5, 0.6) is 0 Å². The van der Waals surface area contributed by atoms with Crippen LogP contribution in [0.4, 0.5) is 0 Å². The van der Waals surface area contributed by atoms with E-state index in [1.165, 1.54) is 205 Å². The number of hydrogen-bond acceptors (Lipinski definition) is 0. The molecule has 0 fully saturated rings. The van der Waals surface area contributed by atoms with E-state index in [1.807, 2.05) is 0 Å². The number of aromatic amines is 1. The zero-order chi connectivity index (χ0) is 29.5. The Kier molecular flexibility index (Phi) is 28.6. The molecule has 0 aromatic carbocycles. The first kappa shape index (κ1) is 38.2. The second-order valence-corrected chi connectivity index (χ2v) is 13.5. The van der Waals surface area contributed by atoms with Crippen molar-refractivity contribution in [2.75, 3.05) is 0 Å². The largest absolute Gasteiger partial charge is 0.257 e. The Hall–Kier alpha value is -0.790. The number of aryl methyl sites for hydroxylation is 1. The SMILES string of the molecule is CCCCCCCCCCCCCCCCCC(CCCCCCCCCCCCCCCC)c1[nH]cc[n+]1CC. The molecular formula is C39H77N2+. The number of imidazole rings is 1. The van der Waals surface area contributed by atoms with Crippen molar-refractivity contribution in [3.05, 3.63) is 18.2 Å². The molecule has 0 aliphatic heterocycles. The molecule has 1 atom stereocenters. The van der Waals surface area contributed by atoms with Gasteiger partial charge in [0.2, 0.25) is 0 Å². The fraction of sp³-hybridized carbons (Fsp3) is 0.923. The summed E-state index contributed by atoms with van der Waals surface area (Å²) in [6.45, 7) is 7.99. The maximum atomic E-state index is 3.62. The molecular weight excluding hydrogens is 496 g/mol. The Balaban J connectivity index is 2.04. The van der Waals surface area contributed by atoms with Crippen molar-refractivity contribution < 1.29 is 4.57 Å². The minimum atomic E-state index is 0.726. The maximum Gasteiger partial charge on any atom is 0.257 e. The zero-order valence-electron chi connectivity index (χ0n) is 28.8. The van der Waals surface area contributed by atoms with Crippen LogP contribution in [-0.2, 0) is 6.54 Å². The van der Waals surface area contributed by atoms with E-state index in [9.17, 15) is 0 Å². The van der Waals surface area contributed by atoms with Gasteiger partial charge in [0.25, 0.3) is 5.82 Å². The molecule has 1 aromatic rings. The van der Waals surface area contributed by atoms with Gasteiger partial charge in [0, 0.05) is 0 Å². The first-order valence-electron chi connectivity index (χ1n) is 19.4. The molecule has 41 heavy (non-hydrogen) atoms. The quantitative estimate of drug-likeness (QED) is 0.0637. The van der Waals surface area contributed by atoms with Crippen LogP contribution in [0.1, 0.15) is 232 Å². The summed E-state index contributed by atoms with van der Waals surface area (Å²) in [5.74, 6) is 2.22. The van der Waals surface area contributed by atoms with Gasteiger partial charge in [0.1, 0.15) is 12.4 Å². The molecule has 0 amide bonds. The van der Waals surface area contributed by atoms with Gasteiger partial charge in [-0.1, -0.05) is 200 Å². The van der Waals surface area contributed by atoms with Crippen LogP contribution in [0.2, 0.25) is 0 Å². The standard InChI is InChI=1S/C39H76N2/c1-4-7-9-11-13-15-17-19-21-23-25-27-29-31-33-35-38(39-40-36-37-41(39)6-3)34-32-30-28-26-24-22-20-18-16-14-12-10-8-5-2/h36-38H,4-35H2,1-3H3/p+1. The summed E-state index contributed by atoms with van der Waals surface area (Å²) in [6.07, 6.45) is 49.2. The number of nitrogens with zero attached hydrogens (tertiary/aromatic N) is 1. The highest BCUT2D eigenvalue weighted by Gasteiger charge is 2.21. The third-order valence-corrected chi connectivity index (χ3v) is 9.58. The van der Waals surface area contributed by atoms with Crippen molar-refractivity contribution in [2.45, 2.75) is 232 Å². The molecule has 2 nitrogen and oxygen atoms in total. The Bertz CT molecular complexity index is 621. The normalized spacial score (nSPS) is 12.4. The Morgan fingerprint density at radius 1 is 0.439 bits per heavy atom. The molecule has 0 spiro atoms. The molecule has 2 heteroatoms. The van der Waals surface area contributed by atoms with Crippen LogP contribution in [0.3, 0.4) is 0 Å². The van der Waals surface area contributed by atoms with Gasteiger partial charge < -0.3 is 0 Å². The highest BCUT2D eigenvalue weighted by Crippen LogP contribution is 2.26. The number of H-pyrrole nitrogens is 1. The Labute approximate surface area is 259 Å². The van der Waals surface area contributed by atoms with Crippen LogP contribution < -0.4 is 4.57 Å². The third-order valence-electron chi connectivity index (χ3n) is 9.58. The maximum absolute atomic E-state index is 3.62. The highest BCUT2D eigenvalue weighted by atomic mass is 15.1. The zero-order valence-corrected chi connectivity index (χ0v) is 28.8. The second kappa shape index (κ2) is 30.7. The van der Waals surface area contributed by atoms with Crippen molar-refractivity contribution in [3.8, 4) is 0 Å². The monoisotopic (exact) mass is 574 g/mol. The number of unbranched alkanes of at least 4 members (excludes halogenated alkanes) is 27. The molecule has 242 valence electrons. The van der Waals surface area contributed by atoms with Crippen molar-refractivity contribution in [3.63, 3.8) is 0 Å². The van der Waals surface area contributed by atoms with E-state index in [4.69, 9.17) is 0 Å². The molecule has 0 aliphatic carbocycles. The number of hydrogen-bond donors (Lipinski definition) is 1. The predicted octanol–water partition coefficient (Wildman–Crippen LogP) is 13.5. The first-order valence-corrected chi connectivity index (χ1v) is 19.4. The lowest BCUT2D eigenvalue weighted by Gasteiger charge is -2.14. The van der Waals surface area contributed by atoms with E-state index in [-0.39, 0.29) is 0 Å². The minimum absolute atomic E-state index is 0.726. The average Bonchev–Trinajstić information content (AvgIpc) is 3.47. The Morgan fingerprint density at radius 2 is 0.732 bits per heavy atom. The van der Waals surface area contributed by atoms with Crippen molar-refractivity contribution in [2.24, 2.45) is 0 Å². The van der Waals surface area contributed by atoms with Gasteiger partial charge in [0.15, 0.2) is 0 Å². The molecule has 1 N–H and O–H groups in total. The molecule has 1 unspecified atom stereocenters. The highest BCUT2D eigenvalue weighted by molar-refractivity contribution is 4.90. The van der Waals surface area contributed by atoms with Gasteiger partial charge in [-0.15, -0.1) is 0 Å². The summed E-state index contributed by atoms with van der Waals surface area (Å²) < 4.78 is 2.46. The molecule has 1 aromatic heterocycles. The molecule has 0 radical (unpaired) electrons. The fourth-order valence-electron chi connectivity index (χ4n) is 6.77. The van der Waals surface area contributed by atoms with Gasteiger partial charge in [-0.05, 0) is 19.8 Å². The van der Waals surface area contributed by atoms with Crippen molar-refractivity contribution in [1.29, 1.82) is 0 Å². The molecule has 0 saturated carbocycles. The van der Waals surface area contributed by atoms with E-state index in [2.05, 4.69) is 42.7 Å². The number of aromatic nitrogens is 2. The lowest BCUT2D eigenvalue weighted by atomic mass is 9.93. The van der Waals surface area contributed by atoms with Gasteiger partial charge in [-0.25, -0.2) is 9.55 Å². The number of nitrogens with one attached hydrogen (secondary N) is 1. The van der Waals surface area contributed by atoms with Gasteiger partial charge in [0.05, 0.1) is 12.5 Å². The molecule has 0 saturated heterocycles. The summed E-state index contributed by atoms with van der Waals surface area (Å²) in [4.78, 5) is 3.62. The Morgan fingerprint density at radius 3 is 1.02 bits per heavy atom. The van der Waals surface area contributed by atoms with Crippen molar-refractivity contribution >= 4 is 0 Å². The smallest absolute Gasteiger partial charge is 0.247 e. The van der Waals surface area contributed by atoms with E-state index in [0.717, 1.165) is 12.5 Å².